The van der Waals surface area contributed by atoms with Gasteiger partial charge in [-0.05, 0) is 31.4 Å². The van der Waals surface area contributed by atoms with Crippen LogP contribution in [0.5, 0.6) is 0 Å². The first-order valence-corrected chi connectivity index (χ1v) is 5.83. The van der Waals surface area contributed by atoms with Crippen LogP contribution in [-0.2, 0) is 0 Å². The smallest absolute Gasteiger partial charge is 0.0396 e. The number of benzene rings is 1. The maximum atomic E-state index is 6.07. The monoisotopic (exact) mass is 204 g/mol. The van der Waals surface area contributed by atoms with E-state index in [1.54, 1.807) is 0 Å². The molecular weight excluding hydrogens is 184 g/mol. The van der Waals surface area contributed by atoms with Crippen LogP contribution in [0.15, 0.2) is 24.3 Å². The van der Waals surface area contributed by atoms with Gasteiger partial charge < -0.3 is 10.6 Å². The lowest BCUT2D eigenvalue weighted by Crippen LogP contribution is -2.36. The maximum Gasteiger partial charge on any atom is 0.0396 e. The van der Waals surface area contributed by atoms with Crippen LogP contribution in [0.2, 0.25) is 0 Å². The van der Waals surface area contributed by atoms with Crippen molar-refractivity contribution >= 4 is 5.69 Å². The van der Waals surface area contributed by atoms with Crippen molar-refractivity contribution < 1.29 is 0 Å². The molecule has 1 saturated heterocycles. The first kappa shape index (κ1) is 10.5. The number of anilines is 1. The first-order chi connectivity index (χ1) is 7.27. The fraction of sp³-hybridized carbons (Fsp3) is 0.538. The summed E-state index contributed by atoms with van der Waals surface area (Å²) in [7, 11) is 0. The Labute approximate surface area is 92.1 Å². The topological polar surface area (TPSA) is 29.3 Å². The summed E-state index contributed by atoms with van der Waals surface area (Å²) in [6.45, 7) is 4.33. The van der Waals surface area contributed by atoms with Gasteiger partial charge in [0.25, 0.3) is 0 Å². The normalized spacial score (nSPS) is 22.5. The molecule has 1 aliphatic rings. The lowest BCUT2D eigenvalue weighted by molar-refractivity contribution is 0.621. The van der Waals surface area contributed by atoms with E-state index in [2.05, 4.69) is 36.1 Å². The molecule has 1 atom stereocenters. The van der Waals surface area contributed by atoms with Gasteiger partial charge in [-0.2, -0.15) is 0 Å². The van der Waals surface area contributed by atoms with E-state index in [9.17, 15) is 0 Å². The van der Waals surface area contributed by atoms with E-state index < -0.39 is 0 Å². The third kappa shape index (κ3) is 2.51. The first-order valence-electron chi connectivity index (χ1n) is 5.83. The largest absolute Gasteiger partial charge is 0.370 e. The van der Waals surface area contributed by atoms with Crippen LogP contribution in [-0.4, -0.2) is 19.1 Å². The average Bonchev–Trinajstić information content (AvgIpc) is 2.43. The van der Waals surface area contributed by atoms with Gasteiger partial charge in [0, 0.05) is 24.8 Å². The SMILES string of the molecule is Cc1ccccc1N1CCCCC(N)C1. The van der Waals surface area contributed by atoms with Gasteiger partial charge in [0.2, 0.25) is 0 Å². The minimum Gasteiger partial charge on any atom is -0.370 e. The predicted molar refractivity (Wildman–Crippen MR) is 65.2 cm³/mol. The van der Waals surface area contributed by atoms with Crippen molar-refractivity contribution in [1.82, 2.24) is 0 Å². The van der Waals surface area contributed by atoms with E-state index in [4.69, 9.17) is 5.73 Å². The zero-order valence-electron chi connectivity index (χ0n) is 9.45. The fourth-order valence-corrected chi connectivity index (χ4v) is 2.31. The molecule has 0 spiro atoms. The van der Waals surface area contributed by atoms with Crippen LogP contribution in [0.4, 0.5) is 5.69 Å². The molecule has 2 nitrogen and oxygen atoms in total. The molecule has 0 aromatic heterocycles. The molecule has 0 amide bonds. The van der Waals surface area contributed by atoms with Gasteiger partial charge in [0.1, 0.15) is 0 Å². The molecule has 15 heavy (non-hydrogen) atoms. The van der Waals surface area contributed by atoms with E-state index >= 15 is 0 Å². The second-order valence-electron chi connectivity index (χ2n) is 4.49. The van der Waals surface area contributed by atoms with Crippen molar-refractivity contribution in [1.29, 1.82) is 0 Å². The molecule has 1 aliphatic heterocycles. The zero-order chi connectivity index (χ0) is 10.7. The quantitative estimate of drug-likeness (QED) is 0.760. The Kier molecular flexibility index (Phi) is 3.27. The number of nitrogens with zero attached hydrogens (tertiary/aromatic N) is 1. The summed E-state index contributed by atoms with van der Waals surface area (Å²) >= 11 is 0. The Hall–Kier alpha value is -1.02. The van der Waals surface area contributed by atoms with Crippen LogP contribution in [0.3, 0.4) is 0 Å². The lowest BCUT2D eigenvalue weighted by atomic mass is 10.1. The summed E-state index contributed by atoms with van der Waals surface area (Å²) in [5, 5.41) is 0. The third-order valence-electron chi connectivity index (χ3n) is 3.16. The Bertz CT molecular complexity index is 322. The Balaban J connectivity index is 2.18. The van der Waals surface area contributed by atoms with Crippen LogP contribution in [0.25, 0.3) is 0 Å². The summed E-state index contributed by atoms with van der Waals surface area (Å²) in [5.74, 6) is 0. The zero-order valence-corrected chi connectivity index (χ0v) is 9.45. The summed E-state index contributed by atoms with van der Waals surface area (Å²) < 4.78 is 0. The molecule has 1 aromatic rings. The van der Waals surface area contributed by atoms with Crippen LogP contribution >= 0.6 is 0 Å². The Morgan fingerprint density at radius 1 is 1.27 bits per heavy atom. The van der Waals surface area contributed by atoms with Crippen molar-refractivity contribution in [2.45, 2.75) is 32.2 Å². The van der Waals surface area contributed by atoms with Gasteiger partial charge in [-0.15, -0.1) is 0 Å². The highest BCUT2D eigenvalue weighted by molar-refractivity contribution is 5.53. The second kappa shape index (κ2) is 4.67. The van der Waals surface area contributed by atoms with Gasteiger partial charge in [0.05, 0.1) is 0 Å². The number of rotatable bonds is 1. The highest BCUT2D eigenvalue weighted by atomic mass is 15.1. The molecule has 1 unspecified atom stereocenters. The Morgan fingerprint density at radius 2 is 2.07 bits per heavy atom. The molecule has 1 heterocycles. The van der Waals surface area contributed by atoms with E-state index in [1.807, 2.05) is 0 Å². The van der Waals surface area contributed by atoms with Crippen LogP contribution in [0.1, 0.15) is 24.8 Å². The van der Waals surface area contributed by atoms with E-state index in [0.717, 1.165) is 13.1 Å². The van der Waals surface area contributed by atoms with Crippen molar-refractivity contribution in [3.05, 3.63) is 29.8 Å². The summed E-state index contributed by atoms with van der Waals surface area (Å²) in [5.41, 5.74) is 8.78. The molecule has 0 aliphatic carbocycles. The summed E-state index contributed by atoms with van der Waals surface area (Å²) in [4.78, 5) is 2.44. The van der Waals surface area contributed by atoms with E-state index in [-0.39, 0.29) is 0 Å². The average molecular weight is 204 g/mol. The molecule has 2 heteroatoms. The summed E-state index contributed by atoms with van der Waals surface area (Å²) in [6.07, 6.45) is 3.70. The second-order valence-corrected chi connectivity index (χ2v) is 4.49. The predicted octanol–water partition coefficient (Wildman–Crippen LogP) is 2.31. The number of para-hydroxylation sites is 1. The summed E-state index contributed by atoms with van der Waals surface area (Å²) in [6, 6.07) is 8.92. The van der Waals surface area contributed by atoms with Crippen molar-refractivity contribution in [2.24, 2.45) is 5.73 Å². The highest BCUT2D eigenvalue weighted by Crippen LogP contribution is 2.22. The number of aryl methyl sites for hydroxylation is 1. The van der Waals surface area contributed by atoms with Crippen molar-refractivity contribution in [2.75, 3.05) is 18.0 Å². The van der Waals surface area contributed by atoms with Gasteiger partial charge in [-0.25, -0.2) is 0 Å². The molecule has 2 rings (SSSR count). The third-order valence-corrected chi connectivity index (χ3v) is 3.16. The molecule has 0 radical (unpaired) electrons. The standard InChI is InChI=1S/C13H20N2/c1-11-6-2-3-8-13(11)15-9-5-4-7-12(14)10-15/h2-3,6,8,12H,4-5,7,9-10,14H2,1H3. The van der Waals surface area contributed by atoms with Gasteiger partial charge in [0.15, 0.2) is 0 Å². The minimum absolute atomic E-state index is 0.340. The number of nitrogens with two attached hydrogens (primary N) is 1. The molecule has 82 valence electrons. The molecule has 2 N–H and O–H groups in total. The van der Waals surface area contributed by atoms with Gasteiger partial charge in [-0.3, -0.25) is 0 Å². The van der Waals surface area contributed by atoms with Gasteiger partial charge in [-0.1, -0.05) is 24.6 Å². The van der Waals surface area contributed by atoms with Crippen LogP contribution in [0, 0.1) is 6.92 Å². The number of hydrogen-bond acceptors (Lipinski definition) is 2. The van der Waals surface area contributed by atoms with E-state index in [1.165, 1.54) is 30.5 Å². The Morgan fingerprint density at radius 3 is 2.87 bits per heavy atom. The fourth-order valence-electron chi connectivity index (χ4n) is 2.31. The minimum atomic E-state index is 0.340. The molecule has 1 aromatic carbocycles. The van der Waals surface area contributed by atoms with Crippen molar-refractivity contribution in [3.8, 4) is 0 Å². The van der Waals surface area contributed by atoms with Crippen molar-refractivity contribution in [3.63, 3.8) is 0 Å². The van der Waals surface area contributed by atoms with Crippen LogP contribution < -0.4 is 10.6 Å². The molecule has 0 saturated carbocycles. The number of hydrogen-bond donors (Lipinski definition) is 1. The highest BCUT2D eigenvalue weighted by Gasteiger charge is 2.16. The van der Waals surface area contributed by atoms with E-state index in [0.29, 0.717) is 6.04 Å². The molecule has 1 fully saturated rings. The lowest BCUT2D eigenvalue weighted by Gasteiger charge is -2.26. The van der Waals surface area contributed by atoms with Gasteiger partial charge >= 0.3 is 0 Å². The molecule has 0 bridgehead atoms. The maximum absolute atomic E-state index is 6.07. The molecular formula is C13H20N2.